The zero-order valence-corrected chi connectivity index (χ0v) is 7.03. The van der Waals surface area contributed by atoms with Crippen LogP contribution in [-0.2, 0) is 13.0 Å². The maximum Gasteiger partial charge on any atom is 0.148 e. The molecule has 4 heteroatoms. The molecule has 0 unspecified atom stereocenters. The van der Waals surface area contributed by atoms with Gasteiger partial charge in [0.05, 0.1) is 0 Å². The van der Waals surface area contributed by atoms with E-state index in [1.165, 1.54) is 0 Å². The first-order chi connectivity index (χ1) is 5.77. The van der Waals surface area contributed by atoms with Crippen molar-refractivity contribution in [1.82, 2.24) is 9.78 Å². The van der Waals surface area contributed by atoms with Crippen molar-refractivity contribution in [2.24, 2.45) is 0 Å². The fourth-order valence-electron chi connectivity index (χ4n) is 1.02. The lowest BCUT2D eigenvalue weighted by Crippen LogP contribution is -2.01. The van der Waals surface area contributed by atoms with Crippen LogP contribution in [0.15, 0.2) is 6.20 Å². The van der Waals surface area contributed by atoms with Gasteiger partial charge in [-0.2, -0.15) is 5.10 Å². The first-order valence-electron chi connectivity index (χ1n) is 4.00. The Morgan fingerprint density at radius 2 is 2.42 bits per heavy atom. The molecule has 12 heavy (non-hydrogen) atoms. The summed E-state index contributed by atoms with van der Waals surface area (Å²) in [6, 6.07) is 0. The van der Waals surface area contributed by atoms with Crippen molar-refractivity contribution in [3.63, 3.8) is 0 Å². The largest absolute Gasteiger partial charge is 0.396 e. The van der Waals surface area contributed by atoms with Crippen molar-refractivity contribution >= 4 is 5.82 Å². The molecule has 4 nitrogen and oxygen atoms in total. The smallest absolute Gasteiger partial charge is 0.148 e. The van der Waals surface area contributed by atoms with Crippen LogP contribution in [0, 0.1) is 6.92 Å². The molecule has 0 aliphatic carbocycles. The quantitative estimate of drug-likeness (QED) is 0.676. The van der Waals surface area contributed by atoms with Crippen LogP contribution < -0.4 is 5.73 Å². The van der Waals surface area contributed by atoms with Gasteiger partial charge < -0.3 is 10.8 Å². The second-order valence-corrected chi connectivity index (χ2v) is 2.63. The molecule has 0 amide bonds. The summed E-state index contributed by atoms with van der Waals surface area (Å²) in [4.78, 5) is 0. The normalized spacial score (nSPS) is 10.5. The van der Waals surface area contributed by atoms with Gasteiger partial charge in [0.15, 0.2) is 0 Å². The minimum Gasteiger partial charge on any atom is -0.396 e. The number of anilines is 1. The third-order valence-corrected chi connectivity index (χ3v) is 1.68. The number of rotatable bonds is 4. The van der Waals surface area contributed by atoms with Gasteiger partial charge >= 0.3 is 0 Å². The zero-order valence-electron chi connectivity index (χ0n) is 7.03. The average Bonchev–Trinajstić information content (AvgIpc) is 2.43. The highest BCUT2D eigenvalue weighted by Gasteiger charge is 2.01. The average molecular weight is 168 g/mol. The monoisotopic (exact) mass is 168 g/mol. The van der Waals surface area contributed by atoms with Crippen LogP contribution in [0.1, 0.15) is 12.0 Å². The van der Waals surface area contributed by atoms with Crippen LogP contribution in [0.4, 0.5) is 5.82 Å². The van der Waals surface area contributed by atoms with Crippen LogP contribution in [0.5, 0.6) is 0 Å². The summed E-state index contributed by atoms with van der Waals surface area (Å²) in [6.45, 7) is 4.62. The number of nitrogens with two attached hydrogens (primary N) is 1. The summed E-state index contributed by atoms with van der Waals surface area (Å²) in [6.07, 6.45) is 3.24. The van der Waals surface area contributed by atoms with E-state index in [4.69, 9.17) is 10.8 Å². The van der Waals surface area contributed by atoms with Gasteiger partial charge in [0.1, 0.15) is 5.82 Å². The van der Waals surface area contributed by atoms with Crippen molar-refractivity contribution in [3.05, 3.63) is 18.7 Å². The van der Waals surface area contributed by atoms with Crippen LogP contribution in [0.25, 0.3) is 0 Å². The molecule has 0 aliphatic rings. The molecule has 0 aromatic carbocycles. The first-order valence-corrected chi connectivity index (χ1v) is 4.00. The van der Waals surface area contributed by atoms with E-state index in [0.29, 0.717) is 25.2 Å². The summed E-state index contributed by atoms with van der Waals surface area (Å²) < 4.78 is 1.74. The maximum absolute atomic E-state index is 8.58. The maximum atomic E-state index is 8.58. The Morgan fingerprint density at radius 1 is 1.67 bits per heavy atom. The molecule has 0 spiro atoms. The second kappa shape index (κ2) is 4.11. The lowest BCUT2D eigenvalue weighted by Gasteiger charge is -1.96. The summed E-state index contributed by atoms with van der Waals surface area (Å²) in [5, 5.41) is 12.6. The third-order valence-electron chi connectivity index (χ3n) is 1.68. The highest BCUT2D eigenvalue weighted by Crippen LogP contribution is 2.08. The number of aliphatic hydroxyl groups is 1. The SMILES string of the molecule is [CH2]Cc1cn(CCCO)nc1N. The van der Waals surface area contributed by atoms with Gasteiger partial charge in [0.25, 0.3) is 0 Å². The molecule has 1 aromatic rings. The zero-order chi connectivity index (χ0) is 8.97. The standard InChI is InChI=1S/C8H14N3O/c1-2-7-6-11(4-3-5-12)10-8(7)9/h6,12H,1-5H2,(H2,9,10). The molecule has 0 bridgehead atoms. The summed E-state index contributed by atoms with van der Waals surface area (Å²) in [5.41, 5.74) is 6.55. The minimum absolute atomic E-state index is 0.180. The highest BCUT2D eigenvalue weighted by atomic mass is 16.3. The predicted octanol–water partition coefficient (Wildman–Crippen LogP) is 0.224. The number of hydrogen-bond acceptors (Lipinski definition) is 3. The molecule has 3 N–H and O–H groups in total. The molecule has 67 valence electrons. The fourth-order valence-corrected chi connectivity index (χ4v) is 1.02. The van der Waals surface area contributed by atoms with Gasteiger partial charge in [-0.3, -0.25) is 4.68 Å². The molecule has 1 radical (unpaired) electrons. The summed E-state index contributed by atoms with van der Waals surface area (Å²) in [5.74, 6) is 0.544. The molecule has 1 rings (SSSR count). The van der Waals surface area contributed by atoms with Crippen molar-refractivity contribution in [2.45, 2.75) is 19.4 Å². The van der Waals surface area contributed by atoms with E-state index >= 15 is 0 Å². The third kappa shape index (κ3) is 1.98. The Hall–Kier alpha value is -1.03. The van der Waals surface area contributed by atoms with Gasteiger partial charge in [0, 0.05) is 24.9 Å². The van der Waals surface area contributed by atoms with Crippen molar-refractivity contribution in [1.29, 1.82) is 0 Å². The number of hydrogen-bond donors (Lipinski definition) is 2. The summed E-state index contributed by atoms with van der Waals surface area (Å²) in [7, 11) is 0. The Kier molecular flexibility index (Phi) is 3.10. The Morgan fingerprint density at radius 3 is 2.92 bits per heavy atom. The summed E-state index contributed by atoms with van der Waals surface area (Å²) >= 11 is 0. The molecule has 0 aliphatic heterocycles. The molecule has 0 fully saturated rings. The van der Waals surface area contributed by atoms with Crippen LogP contribution in [-0.4, -0.2) is 21.5 Å². The van der Waals surface area contributed by atoms with E-state index in [0.717, 1.165) is 5.56 Å². The van der Waals surface area contributed by atoms with Crippen LogP contribution in [0.2, 0.25) is 0 Å². The van der Waals surface area contributed by atoms with E-state index < -0.39 is 0 Å². The molecule has 0 saturated heterocycles. The second-order valence-electron chi connectivity index (χ2n) is 2.63. The lowest BCUT2D eigenvalue weighted by atomic mass is 10.3. The van der Waals surface area contributed by atoms with E-state index in [2.05, 4.69) is 12.0 Å². The number of nitrogens with zero attached hydrogens (tertiary/aromatic N) is 2. The van der Waals surface area contributed by atoms with Gasteiger partial charge in [-0.1, -0.05) is 0 Å². The molecule has 0 atom stereocenters. The first kappa shape index (κ1) is 9.06. The number of aromatic nitrogens is 2. The molecule has 1 aromatic heterocycles. The number of nitrogen functional groups attached to an aromatic ring is 1. The van der Waals surface area contributed by atoms with Crippen LogP contribution >= 0.6 is 0 Å². The molecular weight excluding hydrogens is 154 g/mol. The molecular formula is C8H14N3O. The van der Waals surface area contributed by atoms with E-state index in [-0.39, 0.29) is 6.61 Å². The van der Waals surface area contributed by atoms with E-state index in [1.807, 2.05) is 6.20 Å². The number of aliphatic hydroxyl groups excluding tert-OH is 1. The fraction of sp³-hybridized carbons (Fsp3) is 0.500. The van der Waals surface area contributed by atoms with E-state index in [9.17, 15) is 0 Å². The molecule has 0 saturated carbocycles. The van der Waals surface area contributed by atoms with Crippen molar-refractivity contribution < 1.29 is 5.11 Å². The van der Waals surface area contributed by atoms with E-state index in [1.54, 1.807) is 4.68 Å². The van der Waals surface area contributed by atoms with Gasteiger partial charge in [0.2, 0.25) is 0 Å². The Balaban J connectivity index is 2.62. The van der Waals surface area contributed by atoms with Gasteiger partial charge in [-0.05, 0) is 19.8 Å². The predicted molar refractivity (Wildman–Crippen MR) is 47.4 cm³/mol. The van der Waals surface area contributed by atoms with Crippen molar-refractivity contribution in [2.75, 3.05) is 12.3 Å². The topological polar surface area (TPSA) is 64.1 Å². The Labute approximate surface area is 72.0 Å². The minimum atomic E-state index is 0.180. The highest BCUT2D eigenvalue weighted by molar-refractivity contribution is 5.37. The van der Waals surface area contributed by atoms with Crippen molar-refractivity contribution in [3.8, 4) is 0 Å². The Bertz CT molecular complexity index is 244. The van der Waals surface area contributed by atoms with Crippen LogP contribution in [0.3, 0.4) is 0 Å². The van der Waals surface area contributed by atoms with Gasteiger partial charge in [-0.15, -0.1) is 0 Å². The number of aryl methyl sites for hydroxylation is 1. The molecule has 1 heterocycles. The van der Waals surface area contributed by atoms with Gasteiger partial charge in [-0.25, -0.2) is 0 Å². The lowest BCUT2D eigenvalue weighted by molar-refractivity contribution is 0.277.